The van der Waals surface area contributed by atoms with Gasteiger partial charge in [-0.15, -0.1) is 0 Å². The minimum Gasteiger partial charge on any atom is -0.378 e. The summed E-state index contributed by atoms with van der Waals surface area (Å²) in [4.78, 5) is 0.416. The molecule has 7 rings (SSSR count). The van der Waals surface area contributed by atoms with Crippen molar-refractivity contribution in [2.75, 3.05) is 12.4 Å². The predicted octanol–water partition coefficient (Wildman–Crippen LogP) is 7.77. The van der Waals surface area contributed by atoms with Gasteiger partial charge in [0, 0.05) is 24.7 Å². The fourth-order valence-corrected chi connectivity index (χ4v) is 8.66. The first-order chi connectivity index (χ1) is 18.5. The zero-order valence-electron chi connectivity index (χ0n) is 21.8. The molecule has 1 N–H and O–H groups in total. The molecule has 5 heteroatoms. The van der Waals surface area contributed by atoms with Crippen molar-refractivity contribution >= 4 is 37.3 Å². The summed E-state index contributed by atoms with van der Waals surface area (Å²) < 4.78 is 29.0. The van der Waals surface area contributed by atoms with Crippen LogP contribution in [0.15, 0.2) is 89.8 Å². The Hall–Kier alpha value is -3.15. The van der Waals surface area contributed by atoms with Crippen LogP contribution in [0, 0.1) is 5.92 Å². The summed E-state index contributed by atoms with van der Waals surface area (Å²) in [6.45, 7) is 0. The van der Waals surface area contributed by atoms with E-state index in [9.17, 15) is 8.42 Å². The van der Waals surface area contributed by atoms with E-state index >= 15 is 0 Å². The van der Waals surface area contributed by atoms with Gasteiger partial charge in [-0.1, -0.05) is 79.9 Å². The Morgan fingerprint density at radius 3 is 2.24 bits per heavy atom. The molecule has 1 saturated carbocycles. The van der Waals surface area contributed by atoms with Crippen molar-refractivity contribution in [1.29, 1.82) is 0 Å². The molecule has 0 bridgehead atoms. The van der Waals surface area contributed by atoms with Gasteiger partial charge in [-0.3, -0.25) is 0 Å². The van der Waals surface area contributed by atoms with Crippen LogP contribution in [-0.4, -0.2) is 25.8 Å². The summed E-state index contributed by atoms with van der Waals surface area (Å²) >= 11 is 0. The molecule has 4 aromatic carbocycles. The van der Waals surface area contributed by atoms with Crippen molar-refractivity contribution in [3.8, 4) is 0 Å². The number of sulfonamides is 1. The van der Waals surface area contributed by atoms with E-state index in [-0.39, 0.29) is 18.0 Å². The highest BCUT2D eigenvalue weighted by atomic mass is 32.2. The van der Waals surface area contributed by atoms with E-state index in [1.165, 1.54) is 33.5 Å². The van der Waals surface area contributed by atoms with E-state index < -0.39 is 10.0 Å². The van der Waals surface area contributed by atoms with E-state index in [2.05, 4.69) is 72.1 Å². The Labute approximate surface area is 225 Å². The number of rotatable bonds is 4. The van der Waals surface area contributed by atoms with Crippen LogP contribution in [-0.2, 0) is 10.0 Å². The fraction of sp³-hybridized carbons (Fsp3) is 0.333. The standard InChI is InChI=1S/C33H34N2O2S/c1-35(24-12-3-2-4-13-24)38(36,37)25-18-19-31-30(21-25)28-16-9-17-29(28)33(34-31)32-26-14-7-5-10-22(26)20-23-11-6-8-15-27(23)32/h5-11,14-16,18-21,24,28-29,33-34H,2-4,12-13,17H2,1H3. The zero-order valence-corrected chi connectivity index (χ0v) is 22.6. The Kier molecular flexibility index (Phi) is 5.82. The van der Waals surface area contributed by atoms with E-state index in [1.54, 1.807) is 17.4 Å². The molecule has 0 amide bonds. The molecule has 3 unspecified atom stereocenters. The fourth-order valence-electron chi connectivity index (χ4n) is 7.21. The summed E-state index contributed by atoms with van der Waals surface area (Å²) in [7, 11) is -1.78. The highest BCUT2D eigenvalue weighted by molar-refractivity contribution is 7.89. The van der Waals surface area contributed by atoms with Gasteiger partial charge in [0.1, 0.15) is 0 Å². The maximum Gasteiger partial charge on any atom is 0.243 e. The number of fused-ring (bicyclic) bond motifs is 5. The van der Waals surface area contributed by atoms with Crippen molar-refractivity contribution in [2.45, 2.75) is 61.4 Å². The molecule has 1 heterocycles. The minimum absolute atomic E-state index is 0.103. The third kappa shape index (κ3) is 3.78. The molecule has 3 aliphatic rings. The molecular weight excluding hydrogens is 488 g/mol. The van der Waals surface area contributed by atoms with Crippen molar-refractivity contribution in [3.05, 3.63) is 96.1 Å². The number of benzene rings is 4. The van der Waals surface area contributed by atoms with E-state index in [0.29, 0.717) is 10.8 Å². The Morgan fingerprint density at radius 1 is 0.842 bits per heavy atom. The van der Waals surface area contributed by atoms with Gasteiger partial charge in [0.2, 0.25) is 10.0 Å². The van der Waals surface area contributed by atoms with Gasteiger partial charge in [-0.05, 0) is 82.1 Å². The van der Waals surface area contributed by atoms with Gasteiger partial charge >= 0.3 is 0 Å². The van der Waals surface area contributed by atoms with E-state index in [1.807, 2.05) is 12.1 Å². The first kappa shape index (κ1) is 23.9. The van der Waals surface area contributed by atoms with Crippen LogP contribution < -0.4 is 5.32 Å². The Bertz CT molecular complexity index is 1620. The predicted molar refractivity (Wildman–Crippen MR) is 156 cm³/mol. The molecule has 2 aliphatic carbocycles. The lowest BCUT2D eigenvalue weighted by Crippen LogP contribution is -2.38. The van der Waals surface area contributed by atoms with Crippen molar-refractivity contribution in [2.24, 2.45) is 5.92 Å². The lowest BCUT2D eigenvalue weighted by atomic mass is 9.75. The molecule has 194 valence electrons. The van der Waals surface area contributed by atoms with Crippen LogP contribution in [0.25, 0.3) is 21.5 Å². The summed E-state index contributed by atoms with van der Waals surface area (Å²) in [6.07, 6.45) is 10.9. The van der Waals surface area contributed by atoms with Crippen LogP contribution in [0.3, 0.4) is 0 Å². The molecule has 0 aromatic heterocycles. The molecule has 0 saturated heterocycles. The third-order valence-corrected chi connectivity index (χ3v) is 11.1. The average Bonchev–Trinajstić information content (AvgIpc) is 3.46. The summed E-state index contributed by atoms with van der Waals surface area (Å²) in [6, 6.07) is 25.6. The van der Waals surface area contributed by atoms with Crippen molar-refractivity contribution in [1.82, 2.24) is 4.31 Å². The molecule has 4 nitrogen and oxygen atoms in total. The third-order valence-electron chi connectivity index (χ3n) is 9.22. The van der Waals surface area contributed by atoms with Crippen molar-refractivity contribution in [3.63, 3.8) is 0 Å². The average molecular weight is 523 g/mol. The van der Waals surface area contributed by atoms with Gasteiger partial charge in [0.15, 0.2) is 0 Å². The lowest BCUT2D eigenvalue weighted by molar-refractivity contribution is 0.286. The molecular formula is C33H34N2O2S. The Balaban J connectivity index is 1.32. The van der Waals surface area contributed by atoms with Crippen LogP contribution in [0.4, 0.5) is 5.69 Å². The van der Waals surface area contributed by atoms with Gasteiger partial charge < -0.3 is 5.32 Å². The lowest BCUT2D eigenvalue weighted by Gasteiger charge is -2.39. The monoisotopic (exact) mass is 522 g/mol. The second-order valence-electron chi connectivity index (χ2n) is 11.3. The molecule has 4 aromatic rings. The molecule has 0 spiro atoms. The quantitative estimate of drug-likeness (QED) is 0.220. The van der Waals surface area contributed by atoms with Crippen LogP contribution in [0.5, 0.6) is 0 Å². The number of anilines is 1. The molecule has 0 radical (unpaired) electrons. The number of nitrogens with zero attached hydrogens (tertiary/aromatic N) is 1. The number of hydrogen-bond acceptors (Lipinski definition) is 3. The second kappa shape index (κ2) is 9.25. The molecule has 1 aliphatic heterocycles. The van der Waals surface area contributed by atoms with Gasteiger partial charge in [0.25, 0.3) is 0 Å². The van der Waals surface area contributed by atoms with Crippen LogP contribution in [0.2, 0.25) is 0 Å². The van der Waals surface area contributed by atoms with Crippen LogP contribution in [0.1, 0.15) is 61.6 Å². The minimum atomic E-state index is -3.54. The normalized spacial score (nSPS) is 23.5. The number of hydrogen-bond donors (Lipinski definition) is 1. The van der Waals surface area contributed by atoms with Crippen LogP contribution >= 0.6 is 0 Å². The highest BCUT2D eigenvalue weighted by Gasteiger charge is 2.40. The molecule has 3 atom stereocenters. The Morgan fingerprint density at radius 2 is 1.53 bits per heavy atom. The van der Waals surface area contributed by atoms with Gasteiger partial charge in [-0.2, -0.15) is 4.31 Å². The van der Waals surface area contributed by atoms with Gasteiger partial charge in [0.05, 0.1) is 10.9 Å². The first-order valence-corrected chi connectivity index (χ1v) is 15.4. The summed E-state index contributed by atoms with van der Waals surface area (Å²) in [5.74, 6) is 0.509. The SMILES string of the molecule is CN(C1CCCCC1)S(=O)(=O)c1ccc2c(c1)C1C=CCC1C(c1c3ccccc3cc3ccccc13)N2. The van der Waals surface area contributed by atoms with E-state index in [0.717, 1.165) is 43.4 Å². The largest absolute Gasteiger partial charge is 0.378 e. The summed E-state index contributed by atoms with van der Waals surface area (Å²) in [5, 5.41) is 8.97. The highest BCUT2D eigenvalue weighted by Crippen LogP contribution is 2.52. The van der Waals surface area contributed by atoms with Gasteiger partial charge in [-0.25, -0.2) is 8.42 Å². The maximum atomic E-state index is 13.7. The van der Waals surface area contributed by atoms with Crippen molar-refractivity contribution < 1.29 is 8.42 Å². The summed E-state index contributed by atoms with van der Waals surface area (Å²) in [5.41, 5.74) is 3.48. The first-order valence-electron chi connectivity index (χ1n) is 14.0. The number of nitrogens with one attached hydrogen (secondary N) is 1. The maximum absolute atomic E-state index is 13.7. The van der Waals surface area contributed by atoms with E-state index in [4.69, 9.17) is 0 Å². The molecule has 1 fully saturated rings. The smallest absolute Gasteiger partial charge is 0.243 e. The topological polar surface area (TPSA) is 49.4 Å². The number of allylic oxidation sites excluding steroid dienone is 2. The second-order valence-corrected chi connectivity index (χ2v) is 13.3. The molecule has 38 heavy (non-hydrogen) atoms. The zero-order chi connectivity index (χ0) is 25.9.